The Labute approximate surface area is 166 Å². The van der Waals surface area contributed by atoms with Crippen molar-refractivity contribution in [3.8, 4) is 11.5 Å². The average molecular weight is 391 g/mol. The van der Waals surface area contributed by atoms with Gasteiger partial charge in [-0.1, -0.05) is 41.9 Å². The number of halogens is 1. The summed E-state index contributed by atoms with van der Waals surface area (Å²) >= 11 is 6.26. The quantitative estimate of drug-likeness (QED) is 0.710. The van der Waals surface area contributed by atoms with E-state index in [1.54, 1.807) is 12.1 Å². The molecular weight excluding hydrogens is 364 g/mol. The minimum atomic E-state index is -0.196. The van der Waals surface area contributed by atoms with Gasteiger partial charge in [0.25, 0.3) is 5.91 Å². The lowest BCUT2D eigenvalue weighted by molar-refractivity contribution is 0.0941. The highest BCUT2D eigenvalue weighted by atomic mass is 35.5. The number of ether oxygens (including phenoxy) is 2. The second-order valence-electron chi connectivity index (χ2n) is 6.44. The molecule has 0 bridgehead atoms. The molecule has 0 aromatic heterocycles. The lowest BCUT2D eigenvalue weighted by Gasteiger charge is -2.25. The third-order valence-corrected chi connectivity index (χ3v) is 4.60. The molecule has 0 aliphatic rings. The van der Waals surface area contributed by atoms with Gasteiger partial charge in [0, 0.05) is 18.2 Å². The highest BCUT2D eigenvalue weighted by molar-refractivity contribution is 6.32. The van der Waals surface area contributed by atoms with Crippen molar-refractivity contribution in [3.63, 3.8) is 0 Å². The number of carbonyl (C=O) groups excluding carboxylic acids is 1. The largest absolute Gasteiger partial charge is 0.493 e. The predicted molar refractivity (Wildman–Crippen MR) is 109 cm³/mol. The van der Waals surface area contributed by atoms with E-state index in [9.17, 15) is 4.79 Å². The molecule has 0 aliphatic carbocycles. The topological polar surface area (TPSA) is 50.8 Å². The van der Waals surface area contributed by atoms with Crippen LogP contribution in [-0.2, 0) is 6.42 Å². The number of rotatable bonds is 9. The lowest BCUT2D eigenvalue weighted by atomic mass is 10.0. The predicted octanol–water partition coefficient (Wildman–Crippen LogP) is 3.65. The molecule has 6 heteroatoms. The third kappa shape index (κ3) is 5.88. The number of benzene rings is 2. The molecule has 1 atom stereocenters. The molecule has 0 aliphatic heterocycles. The van der Waals surface area contributed by atoms with Crippen LogP contribution in [0.15, 0.2) is 42.5 Å². The summed E-state index contributed by atoms with van der Waals surface area (Å²) in [5.41, 5.74) is 1.67. The molecule has 0 heterocycles. The van der Waals surface area contributed by atoms with E-state index < -0.39 is 0 Å². The van der Waals surface area contributed by atoms with Gasteiger partial charge in [-0.15, -0.1) is 0 Å². The Kier molecular flexibility index (Phi) is 7.95. The molecule has 0 saturated heterocycles. The van der Waals surface area contributed by atoms with Gasteiger partial charge in [0.05, 0.1) is 18.7 Å². The Morgan fingerprint density at radius 2 is 1.93 bits per heavy atom. The van der Waals surface area contributed by atoms with Crippen molar-refractivity contribution in [2.24, 2.45) is 0 Å². The molecular formula is C21H27ClN2O3. The maximum absolute atomic E-state index is 12.6. The van der Waals surface area contributed by atoms with E-state index in [4.69, 9.17) is 21.1 Å². The van der Waals surface area contributed by atoms with Crippen molar-refractivity contribution < 1.29 is 14.3 Å². The molecule has 0 spiro atoms. The highest BCUT2D eigenvalue weighted by Gasteiger charge is 2.18. The van der Waals surface area contributed by atoms with Gasteiger partial charge in [-0.25, -0.2) is 0 Å². The fourth-order valence-electron chi connectivity index (χ4n) is 2.77. The SMILES string of the molecule is CCOc1c(Cl)cc(C(=O)NCC(Cc2ccccc2)N(C)C)cc1OC. The number of methoxy groups -OCH3 is 1. The van der Waals surface area contributed by atoms with E-state index in [1.807, 2.05) is 39.2 Å². The van der Waals surface area contributed by atoms with Gasteiger partial charge in [-0.3, -0.25) is 4.79 Å². The molecule has 1 N–H and O–H groups in total. The number of hydrogen-bond acceptors (Lipinski definition) is 4. The Hall–Kier alpha value is -2.24. The minimum absolute atomic E-state index is 0.177. The van der Waals surface area contributed by atoms with E-state index >= 15 is 0 Å². The molecule has 1 unspecified atom stereocenters. The van der Waals surface area contributed by atoms with Crippen LogP contribution in [0.25, 0.3) is 0 Å². The fraction of sp³-hybridized carbons (Fsp3) is 0.381. The first-order valence-corrected chi connectivity index (χ1v) is 9.32. The Balaban J connectivity index is 2.08. The van der Waals surface area contributed by atoms with Crippen molar-refractivity contribution >= 4 is 17.5 Å². The van der Waals surface area contributed by atoms with E-state index in [2.05, 4.69) is 22.3 Å². The summed E-state index contributed by atoms with van der Waals surface area (Å²) in [7, 11) is 5.55. The standard InChI is InChI=1S/C21H27ClN2O3/c1-5-27-20-18(22)12-16(13-19(20)26-4)21(25)23-14-17(24(2)3)11-15-9-7-6-8-10-15/h6-10,12-13,17H,5,11,14H2,1-4H3,(H,23,25). The van der Waals surface area contributed by atoms with E-state index in [-0.39, 0.29) is 11.9 Å². The van der Waals surface area contributed by atoms with Crippen LogP contribution < -0.4 is 14.8 Å². The molecule has 0 radical (unpaired) electrons. The van der Waals surface area contributed by atoms with Crippen LogP contribution >= 0.6 is 11.6 Å². The van der Waals surface area contributed by atoms with E-state index in [0.29, 0.717) is 35.2 Å². The van der Waals surface area contributed by atoms with Crippen molar-refractivity contribution in [3.05, 3.63) is 58.6 Å². The number of nitrogens with zero attached hydrogens (tertiary/aromatic N) is 1. The van der Waals surface area contributed by atoms with Crippen LogP contribution in [0.5, 0.6) is 11.5 Å². The van der Waals surface area contributed by atoms with Crippen LogP contribution in [0, 0.1) is 0 Å². The van der Waals surface area contributed by atoms with Crippen LogP contribution in [-0.4, -0.2) is 51.2 Å². The second-order valence-corrected chi connectivity index (χ2v) is 6.85. The molecule has 2 aromatic rings. The van der Waals surface area contributed by atoms with Gasteiger partial charge in [-0.2, -0.15) is 0 Å². The summed E-state index contributed by atoms with van der Waals surface area (Å²) in [5.74, 6) is 0.703. The number of amides is 1. The van der Waals surface area contributed by atoms with Crippen molar-refractivity contribution in [2.45, 2.75) is 19.4 Å². The molecule has 5 nitrogen and oxygen atoms in total. The molecule has 2 rings (SSSR count). The summed E-state index contributed by atoms with van der Waals surface area (Å²) in [6, 6.07) is 13.7. The number of nitrogens with one attached hydrogen (secondary N) is 1. The zero-order valence-corrected chi connectivity index (χ0v) is 17.0. The Bertz CT molecular complexity index is 751. The summed E-state index contributed by atoms with van der Waals surface area (Å²) in [5, 5.41) is 3.35. The molecule has 2 aromatic carbocycles. The van der Waals surface area contributed by atoms with Gasteiger partial charge in [-0.05, 0) is 45.1 Å². The van der Waals surface area contributed by atoms with Crippen LogP contribution in [0.4, 0.5) is 0 Å². The van der Waals surface area contributed by atoms with E-state index in [1.165, 1.54) is 12.7 Å². The van der Waals surface area contributed by atoms with Crippen LogP contribution in [0.1, 0.15) is 22.8 Å². The Morgan fingerprint density at radius 3 is 2.52 bits per heavy atom. The zero-order chi connectivity index (χ0) is 19.8. The summed E-state index contributed by atoms with van der Waals surface area (Å²) in [4.78, 5) is 14.7. The summed E-state index contributed by atoms with van der Waals surface area (Å²) in [6.45, 7) is 2.85. The molecule has 27 heavy (non-hydrogen) atoms. The first-order chi connectivity index (χ1) is 13.0. The monoisotopic (exact) mass is 390 g/mol. The van der Waals surface area contributed by atoms with Gasteiger partial charge in [0.1, 0.15) is 0 Å². The third-order valence-electron chi connectivity index (χ3n) is 4.32. The van der Waals surface area contributed by atoms with Gasteiger partial charge < -0.3 is 19.7 Å². The van der Waals surface area contributed by atoms with Gasteiger partial charge >= 0.3 is 0 Å². The number of likely N-dealkylation sites (N-methyl/N-ethyl adjacent to an activating group) is 1. The smallest absolute Gasteiger partial charge is 0.251 e. The molecule has 0 saturated carbocycles. The normalized spacial score (nSPS) is 11.9. The maximum Gasteiger partial charge on any atom is 0.251 e. The highest BCUT2D eigenvalue weighted by Crippen LogP contribution is 2.36. The number of hydrogen-bond donors (Lipinski definition) is 1. The minimum Gasteiger partial charge on any atom is -0.493 e. The van der Waals surface area contributed by atoms with Crippen molar-refractivity contribution in [1.82, 2.24) is 10.2 Å². The van der Waals surface area contributed by atoms with Crippen LogP contribution in [0.2, 0.25) is 5.02 Å². The Morgan fingerprint density at radius 1 is 1.22 bits per heavy atom. The van der Waals surface area contributed by atoms with E-state index in [0.717, 1.165) is 6.42 Å². The lowest BCUT2D eigenvalue weighted by Crippen LogP contribution is -2.41. The molecule has 146 valence electrons. The first kappa shape index (κ1) is 21.1. The maximum atomic E-state index is 12.6. The van der Waals surface area contributed by atoms with Crippen molar-refractivity contribution in [2.75, 3.05) is 34.4 Å². The van der Waals surface area contributed by atoms with Crippen LogP contribution in [0.3, 0.4) is 0 Å². The zero-order valence-electron chi connectivity index (χ0n) is 16.3. The van der Waals surface area contributed by atoms with Crippen molar-refractivity contribution in [1.29, 1.82) is 0 Å². The summed E-state index contributed by atoms with van der Waals surface area (Å²) < 4.78 is 10.8. The second kappa shape index (κ2) is 10.2. The number of carbonyl (C=O) groups is 1. The van der Waals surface area contributed by atoms with Gasteiger partial charge in [0.2, 0.25) is 0 Å². The first-order valence-electron chi connectivity index (χ1n) is 8.95. The fourth-order valence-corrected chi connectivity index (χ4v) is 3.04. The average Bonchev–Trinajstić information content (AvgIpc) is 2.66. The summed E-state index contributed by atoms with van der Waals surface area (Å²) in [6.07, 6.45) is 0.849. The molecule has 0 fully saturated rings. The van der Waals surface area contributed by atoms with Gasteiger partial charge in [0.15, 0.2) is 11.5 Å². The molecule has 1 amide bonds.